The summed E-state index contributed by atoms with van der Waals surface area (Å²) in [5.74, 6) is 0.866. The van der Waals surface area contributed by atoms with Crippen LogP contribution in [0.4, 0.5) is 5.69 Å². The summed E-state index contributed by atoms with van der Waals surface area (Å²) < 4.78 is 1.63. The minimum Gasteiger partial charge on any atom is -0.398 e. The summed E-state index contributed by atoms with van der Waals surface area (Å²) in [4.78, 5) is 20.0. The van der Waals surface area contributed by atoms with Gasteiger partial charge in [0.1, 0.15) is 0 Å². The largest absolute Gasteiger partial charge is 0.398 e. The molecule has 2 rings (SSSR count). The van der Waals surface area contributed by atoms with Gasteiger partial charge < -0.3 is 10.3 Å². The molecule has 0 aliphatic carbocycles. The van der Waals surface area contributed by atoms with Crippen molar-refractivity contribution >= 4 is 17.4 Å². The zero-order valence-electron chi connectivity index (χ0n) is 10.7. The fourth-order valence-electron chi connectivity index (χ4n) is 1.62. The third-order valence-corrected chi connectivity index (χ3v) is 3.50. The van der Waals surface area contributed by atoms with E-state index in [4.69, 9.17) is 5.73 Å². The molecule has 19 heavy (non-hydrogen) atoms. The van der Waals surface area contributed by atoms with E-state index in [9.17, 15) is 4.79 Å². The van der Waals surface area contributed by atoms with Crippen LogP contribution in [0.1, 0.15) is 12.1 Å². The molecule has 0 spiro atoms. The summed E-state index contributed by atoms with van der Waals surface area (Å²) in [5, 5.41) is 0.778. The van der Waals surface area contributed by atoms with Gasteiger partial charge in [-0.1, -0.05) is 11.8 Å². The number of rotatable bonds is 5. The molecule has 0 fully saturated rings. The molecule has 0 aliphatic rings. The van der Waals surface area contributed by atoms with Crippen LogP contribution >= 0.6 is 11.8 Å². The number of aromatic nitrogens is 3. The molecule has 2 N–H and O–H groups in total. The van der Waals surface area contributed by atoms with E-state index in [1.165, 1.54) is 6.07 Å². The lowest BCUT2D eigenvalue weighted by atomic mass is 10.4. The molecule has 0 unspecified atom stereocenters. The Morgan fingerprint density at radius 1 is 1.37 bits per heavy atom. The zero-order chi connectivity index (χ0) is 13.7. The number of hydrogen-bond donors (Lipinski definition) is 1. The Hall–Kier alpha value is -1.82. The monoisotopic (exact) mass is 276 g/mol. The first-order valence-electron chi connectivity index (χ1n) is 6.03. The topological polar surface area (TPSA) is 73.8 Å². The van der Waals surface area contributed by atoms with Gasteiger partial charge >= 0.3 is 0 Å². The highest BCUT2D eigenvalue weighted by Gasteiger charge is 2.00. The van der Waals surface area contributed by atoms with Gasteiger partial charge in [0.2, 0.25) is 0 Å². The molecule has 2 heterocycles. The van der Waals surface area contributed by atoms with E-state index in [-0.39, 0.29) is 5.56 Å². The van der Waals surface area contributed by atoms with Crippen molar-refractivity contribution in [3.63, 3.8) is 0 Å². The first-order valence-corrected chi connectivity index (χ1v) is 7.02. The number of thioether (sulfide) groups is 1. The Morgan fingerprint density at radius 2 is 2.21 bits per heavy atom. The van der Waals surface area contributed by atoms with Crippen molar-refractivity contribution in [2.45, 2.75) is 25.0 Å². The molecule has 100 valence electrons. The SMILES string of the molecule is Cc1ccnc(SCCCn2cc(N)ccc2=O)n1. The number of aryl methyl sites for hydroxylation is 2. The molecule has 0 atom stereocenters. The summed E-state index contributed by atoms with van der Waals surface area (Å²) >= 11 is 1.60. The average molecular weight is 276 g/mol. The van der Waals surface area contributed by atoms with Crippen molar-refractivity contribution in [1.82, 2.24) is 14.5 Å². The van der Waals surface area contributed by atoms with Crippen LogP contribution in [-0.4, -0.2) is 20.3 Å². The molecule has 0 aromatic carbocycles. The normalized spacial score (nSPS) is 10.6. The molecule has 0 amide bonds. The summed E-state index contributed by atoms with van der Waals surface area (Å²) in [6.45, 7) is 2.60. The quantitative estimate of drug-likeness (QED) is 0.511. The van der Waals surface area contributed by atoms with E-state index in [1.807, 2.05) is 13.0 Å². The third kappa shape index (κ3) is 4.10. The lowest BCUT2D eigenvalue weighted by molar-refractivity contribution is 0.659. The van der Waals surface area contributed by atoms with E-state index in [2.05, 4.69) is 9.97 Å². The van der Waals surface area contributed by atoms with Gasteiger partial charge in [-0.3, -0.25) is 4.79 Å². The molecule has 2 aromatic heterocycles. The molecule has 5 nitrogen and oxygen atoms in total. The first kappa shape index (κ1) is 13.6. The highest BCUT2D eigenvalue weighted by molar-refractivity contribution is 7.99. The van der Waals surface area contributed by atoms with E-state index >= 15 is 0 Å². The van der Waals surface area contributed by atoms with Gasteiger partial charge in [-0.05, 0) is 25.5 Å². The second-order valence-electron chi connectivity index (χ2n) is 4.18. The van der Waals surface area contributed by atoms with Crippen molar-refractivity contribution in [3.05, 3.63) is 46.6 Å². The van der Waals surface area contributed by atoms with Gasteiger partial charge in [0.25, 0.3) is 5.56 Å². The van der Waals surface area contributed by atoms with Crippen molar-refractivity contribution in [1.29, 1.82) is 0 Å². The highest BCUT2D eigenvalue weighted by Crippen LogP contribution is 2.13. The molecule has 6 heteroatoms. The highest BCUT2D eigenvalue weighted by atomic mass is 32.2. The number of pyridine rings is 1. The van der Waals surface area contributed by atoms with Crippen molar-refractivity contribution in [3.8, 4) is 0 Å². The standard InChI is InChI=1S/C13H16N4OS/c1-10-5-6-15-13(16-10)19-8-2-7-17-9-11(14)3-4-12(17)18/h3-6,9H,2,7-8,14H2,1H3. The zero-order valence-corrected chi connectivity index (χ0v) is 11.6. The number of hydrogen-bond acceptors (Lipinski definition) is 5. The number of anilines is 1. The minimum atomic E-state index is -0.0222. The van der Waals surface area contributed by atoms with E-state index in [0.29, 0.717) is 12.2 Å². The average Bonchev–Trinajstić information content (AvgIpc) is 2.39. The molecule has 2 aromatic rings. The number of nitrogens with two attached hydrogens (primary N) is 1. The molecule has 0 saturated heterocycles. The summed E-state index contributed by atoms with van der Waals surface area (Å²) in [5.41, 5.74) is 7.20. The van der Waals surface area contributed by atoms with Crippen LogP contribution in [0.15, 0.2) is 40.5 Å². The van der Waals surface area contributed by atoms with Gasteiger partial charge in [0, 0.05) is 42.1 Å². The van der Waals surface area contributed by atoms with Gasteiger partial charge in [-0.15, -0.1) is 0 Å². The van der Waals surface area contributed by atoms with Crippen molar-refractivity contribution in [2.24, 2.45) is 0 Å². The minimum absolute atomic E-state index is 0.0222. The predicted octanol–water partition coefficient (Wildman–Crippen LogP) is 1.71. The molecule has 0 saturated carbocycles. The van der Waals surface area contributed by atoms with Crippen LogP contribution in [0, 0.1) is 6.92 Å². The molecule has 0 radical (unpaired) electrons. The smallest absolute Gasteiger partial charge is 0.250 e. The number of nitrogen functional groups attached to an aromatic ring is 1. The van der Waals surface area contributed by atoms with E-state index < -0.39 is 0 Å². The maximum Gasteiger partial charge on any atom is 0.250 e. The molecule has 0 bridgehead atoms. The summed E-state index contributed by atoms with van der Waals surface area (Å²) in [6, 6.07) is 4.98. The fraction of sp³-hybridized carbons (Fsp3) is 0.308. The predicted molar refractivity (Wildman–Crippen MR) is 77.2 cm³/mol. The van der Waals surface area contributed by atoms with Crippen LogP contribution in [0.5, 0.6) is 0 Å². The van der Waals surface area contributed by atoms with E-state index in [1.54, 1.807) is 34.8 Å². The van der Waals surface area contributed by atoms with Gasteiger partial charge in [0.05, 0.1) is 0 Å². The lowest BCUT2D eigenvalue weighted by Gasteiger charge is -2.05. The first-order chi connectivity index (χ1) is 9.15. The molecule has 0 aliphatic heterocycles. The van der Waals surface area contributed by atoms with Gasteiger partial charge in [-0.2, -0.15) is 0 Å². The van der Waals surface area contributed by atoms with Gasteiger partial charge in [0.15, 0.2) is 5.16 Å². The second-order valence-corrected chi connectivity index (χ2v) is 5.24. The Morgan fingerprint density at radius 3 is 3.00 bits per heavy atom. The Bertz CT molecular complexity index is 612. The van der Waals surface area contributed by atoms with E-state index in [0.717, 1.165) is 23.0 Å². The third-order valence-electron chi connectivity index (χ3n) is 2.55. The maximum atomic E-state index is 11.6. The van der Waals surface area contributed by atoms with Crippen LogP contribution in [0.3, 0.4) is 0 Å². The van der Waals surface area contributed by atoms with Crippen LogP contribution < -0.4 is 11.3 Å². The lowest BCUT2D eigenvalue weighted by Crippen LogP contribution is -2.19. The Balaban J connectivity index is 1.84. The maximum absolute atomic E-state index is 11.6. The fourth-order valence-corrected chi connectivity index (χ4v) is 2.42. The van der Waals surface area contributed by atoms with Crippen LogP contribution in [0.25, 0.3) is 0 Å². The van der Waals surface area contributed by atoms with Crippen molar-refractivity contribution in [2.75, 3.05) is 11.5 Å². The Kier molecular flexibility index (Phi) is 4.57. The van der Waals surface area contributed by atoms with Gasteiger partial charge in [-0.25, -0.2) is 9.97 Å². The van der Waals surface area contributed by atoms with Crippen molar-refractivity contribution < 1.29 is 0 Å². The van der Waals surface area contributed by atoms with Crippen LogP contribution in [-0.2, 0) is 6.54 Å². The number of nitrogens with zero attached hydrogens (tertiary/aromatic N) is 3. The second kappa shape index (κ2) is 6.38. The van der Waals surface area contributed by atoms with Crippen LogP contribution in [0.2, 0.25) is 0 Å². The summed E-state index contributed by atoms with van der Waals surface area (Å²) in [6.07, 6.45) is 4.30. The molecular formula is C13H16N4OS. The molecular weight excluding hydrogens is 260 g/mol. The summed E-state index contributed by atoms with van der Waals surface area (Å²) in [7, 11) is 0. The Labute approximate surface area is 115 Å².